The Morgan fingerprint density at radius 3 is 2.36 bits per heavy atom. The highest BCUT2D eigenvalue weighted by Gasteiger charge is 2.26. The summed E-state index contributed by atoms with van der Waals surface area (Å²) in [7, 11) is 0. The van der Waals surface area contributed by atoms with Crippen molar-refractivity contribution in [3.8, 4) is 11.4 Å². The van der Waals surface area contributed by atoms with Gasteiger partial charge in [0.2, 0.25) is 5.91 Å². The number of hydrogen-bond donors (Lipinski definition) is 1. The molecule has 3 aromatic rings. The van der Waals surface area contributed by atoms with Crippen LogP contribution in [0.4, 0.5) is 5.69 Å². The summed E-state index contributed by atoms with van der Waals surface area (Å²) < 4.78 is 1.53. The monoisotopic (exact) mass is 382 g/mol. The van der Waals surface area contributed by atoms with Crippen LogP contribution in [0.5, 0.6) is 5.75 Å². The van der Waals surface area contributed by atoms with E-state index in [1.807, 2.05) is 35.2 Å². The third-order valence-corrected chi connectivity index (χ3v) is 4.94. The SMILES string of the molecule is CC(=O)N1CCN(c2c(O)c3cccnc3n(-c3ccccc3)c2=O)CC1.O. The molecule has 1 aromatic carbocycles. The number of aromatic hydroxyl groups is 1. The molecule has 1 aliphatic rings. The first-order valence-electron chi connectivity index (χ1n) is 8.86. The minimum atomic E-state index is -0.318. The Morgan fingerprint density at radius 1 is 1.04 bits per heavy atom. The number of para-hydroxylation sites is 1. The van der Waals surface area contributed by atoms with Gasteiger partial charge in [0.1, 0.15) is 5.69 Å². The van der Waals surface area contributed by atoms with Crippen molar-refractivity contribution < 1.29 is 15.4 Å². The Bertz CT molecular complexity index is 1060. The number of pyridine rings is 2. The largest absolute Gasteiger partial charge is 0.505 e. The first kappa shape index (κ1) is 19.4. The zero-order chi connectivity index (χ0) is 19.0. The average molecular weight is 382 g/mol. The molecule has 28 heavy (non-hydrogen) atoms. The zero-order valence-electron chi connectivity index (χ0n) is 15.5. The van der Waals surface area contributed by atoms with Gasteiger partial charge < -0.3 is 20.4 Å². The predicted octanol–water partition coefficient (Wildman–Crippen LogP) is 0.935. The first-order chi connectivity index (χ1) is 13.1. The lowest BCUT2D eigenvalue weighted by Crippen LogP contribution is -2.49. The third kappa shape index (κ3) is 3.18. The lowest BCUT2D eigenvalue weighted by molar-refractivity contribution is -0.129. The number of rotatable bonds is 2. The third-order valence-electron chi connectivity index (χ3n) is 4.94. The molecule has 2 aromatic heterocycles. The molecule has 0 saturated carbocycles. The van der Waals surface area contributed by atoms with Crippen molar-refractivity contribution in [2.45, 2.75) is 6.92 Å². The summed E-state index contributed by atoms with van der Waals surface area (Å²) in [6.07, 6.45) is 1.60. The molecule has 0 radical (unpaired) electrons. The number of anilines is 1. The van der Waals surface area contributed by atoms with Crippen LogP contribution in [0.3, 0.4) is 0 Å². The maximum absolute atomic E-state index is 13.4. The fourth-order valence-electron chi connectivity index (χ4n) is 3.54. The van der Waals surface area contributed by atoms with Crippen LogP contribution >= 0.6 is 0 Å². The van der Waals surface area contributed by atoms with Crippen molar-refractivity contribution in [2.75, 3.05) is 31.1 Å². The Labute approximate surface area is 161 Å². The number of fused-ring (bicyclic) bond motifs is 1. The minimum Gasteiger partial charge on any atom is -0.505 e. The predicted molar refractivity (Wildman–Crippen MR) is 107 cm³/mol. The Morgan fingerprint density at radius 2 is 1.71 bits per heavy atom. The van der Waals surface area contributed by atoms with E-state index < -0.39 is 0 Å². The molecule has 146 valence electrons. The lowest BCUT2D eigenvalue weighted by Gasteiger charge is -2.35. The molecule has 1 fully saturated rings. The number of amides is 1. The highest BCUT2D eigenvalue weighted by molar-refractivity contribution is 5.89. The van der Waals surface area contributed by atoms with Crippen LogP contribution in [0.1, 0.15) is 6.92 Å². The van der Waals surface area contributed by atoms with E-state index in [2.05, 4.69) is 4.98 Å². The van der Waals surface area contributed by atoms with E-state index in [1.165, 1.54) is 11.5 Å². The number of nitrogens with zero attached hydrogens (tertiary/aromatic N) is 4. The molecule has 1 aliphatic heterocycles. The van der Waals surface area contributed by atoms with Gasteiger partial charge >= 0.3 is 0 Å². The van der Waals surface area contributed by atoms with E-state index in [0.29, 0.717) is 42.9 Å². The normalized spacial score (nSPS) is 14.0. The molecular weight excluding hydrogens is 360 g/mol. The van der Waals surface area contributed by atoms with Crippen LogP contribution < -0.4 is 10.5 Å². The summed E-state index contributed by atoms with van der Waals surface area (Å²) in [5, 5.41) is 11.4. The van der Waals surface area contributed by atoms with Gasteiger partial charge in [0.25, 0.3) is 5.56 Å². The van der Waals surface area contributed by atoms with E-state index in [-0.39, 0.29) is 28.4 Å². The van der Waals surface area contributed by atoms with Crippen molar-refractivity contribution in [3.05, 3.63) is 59.0 Å². The molecule has 8 heteroatoms. The van der Waals surface area contributed by atoms with Crippen LogP contribution in [-0.2, 0) is 4.79 Å². The number of benzene rings is 1. The molecule has 0 unspecified atom stereocenters. The van der Waals surface area contributed by atoms with E-state index in [9.17, 15) is 14.7 Å². The molecular formula is C20H22N4O4. The van der Waals surface area contributed by atoms with Crippen molar-refractivity contribution in [1.29, 1.82) is 0 Å². The smallest absolute Gasteiger partial charge is 0.284 e. The highest BCUT2D eigenvalue weighted by Crippen LogP contribution is 2.32. The molecule has 0 atom stereocenters. The molecule has 0 spiro atoms. The van der Waals surface area contributed by atoms with Crippen molar-refractivity contribution >= 4 is 22.6 Å². The molecule has 0 bridgehead atoms. The fourth-order valence-corrected chi connectivity index (χ4v) is 3.54. The molecule has 8 nitrogen and oxygen atoms in total. The number of aromatic nitrogens is 2. The van der Waals surface area contributed by atoms with Gasteiger partial charge in [0.15, 0.2) is 11.4 Å². The fraction of sp³-hybridized carbons (Fsp3) is 0.250. The van der Waals surface area contributed by atoms with E-state index in [1.54, 1.807) is 23.2 Å². The number of carbonyl (C=O) groups excluding carboxylic acids is 1. The standard InChI is InChI=1S/C20H20N4O3.H2O/c1-14(25)22-10-12-23(13-11-22)17-18(26)16-8-5-9-21-19(16)24(20(17)27)15-6-3-2-4-7-15;/h2-9,26H,10-13H2,1H3;1H2. The number of hydrogen-bond acceptors (Lipinski definition) is 5. The lowest BCUT2D eigenvalue weighted by atomic mass is 10.2. The molecule has 0 aliphatic carbocycles. The number of carbonyl (C=O) groups is 1. The molecule has 1 amide bonds. The van der Waals surface area contributed by atoms with Crippen LogP contribution in [0, 0.1) is 0 Å². The second-order valence-corrected chi connectivity index (χ2v) is 6.54. The van der Waals surface area contributed by atoms with E-state index in [0.717, 1.165) is 0 Å². The van der Waals surface area contributed by atoms with Crippen LogP contribution in [0.2, 0.25) is 0 Å². The number of piperazine rings is 1. The molecule has 3 heterocycles. The average Bonchev–Trinajstić information content (AvgIpc) is 2.69. The first-order valence-corrected chi connectivity index (χ1v) is 8.86. The van der Waals surface area contributed by atoms with Crippen molar-refractivity contribution in [3.63, 3.8) is 0 Å². The minimum absolute atomic E-state index is 0. The van der Waals surface area contributed by atoms with Crippen molar-refractivity contribution in [2.24, 2.45) is 0 Å². The summed E-state index contributed by atoms with van der Waals surface area (Å²) in [5.74, 6) is -0.0464. The van der Waals surface area contributed by atoms with Gasteiger partial charge in [0, 0.05) is 39.3 Å². The zero-order valence-corrected chi connectivity index (χ0v) is 15.5. The second-order valence-electron chi connectivity index (χ2n) is 6.54. The molecule has 4 rings (SSSR count). The quantitative estimate of drug-likeness (QED) is 0.709. The maximum atomic E-state index is 13.4. The Kier molecular flexibility index (Phi) is 5.32. The van der Waals surface area contributed by atoms with Crippen LogP contribution in [-0.4, -0.2) is 57.1 Å². The van der Waals surface area contributed by atoms with Crippen LogP contribution in [0.25, 0.3) is 16.7 Å². The maximum Gasteiger partial charge on any atom is 0.284 e. The van der Waals surface area contributed by atoms with Gasteiger partial charge in [-0.15, -0.1) is 0 Å². The van der Waals surface area contributed by atoms with Gasteiger partial charge in [-0.1, -0.05) is 18.2 Å². The van der Waals surface area contributed by atoms with Gasteiger partial charge in [-0.25, -0.2) is 4.98 Å². The Balaban J connectivity index is 0.00000225. The van der Waals surface area contributed by atoms with E-state index >= 15 is 0 Å². The summed E-state index contributed by atoms with van der Waals surface area (Å²) in [4.78, 5) is 32.9. The van der Waals surface area contributed by atoms with E-state index in [4.69, 9.17) is 0 Å². The highest BCUT2D eigenvalue weighted by atomic mass is 16.3. The van der Waals surface area contributed by atoms with Crippen molar-refractivity contribution in [1.82, 2.24) is 14.5 Å². The van der Waals surface area contributed by atoms with Gasteiger partial charge in [-0.3, -0.25) is 14.2 Å². The van der Waals surface area contributed by atoms with Gasteiger partial charge in [0.05, 0.1) is 11.1 Å². The second kappa shape index (κ2) is 7.69. The summed E-state index contributed by atoms with van der Waals surface area (Å²) in [6.45, 7) is 3.55. The topological polar surface area (TPSA) is 110 Å². The molecule has 1 saturated heterocycles. The summed E-state index contributed by atoms with van der Waals surface area (Å²) in [6, 6.07) is 12.8. The van der Waals surface area contributed by atoms with Gasteiger partial charge in [-0.2, -0.15) is 0 Å². The molecule has 3 N–H and O–H groups in total. The van der Waals surface area contributed by atoms with Gasteiger partial charge in [-0.05, 0) is 24.3 Å². The Hall–Kier alpha value is -3.39. The van der Waals surface area contributed by atoms with Crippen LogP contribution in [0.15, 0.2) is 53.5 Å². The summed E-state index contributed by atoms with van der Waals surface area (Å²) >= 11 is 0. The summed E-state index contributed by atoms with van der Waals surface area (Å²) in [5.41, 5.74) is 1.04.